The first-order valence-electron chi connectivity index (χ1n) is 9.80. The summed E-state index contributed by atoms with van der Waals surface area (Å²) in [4.78, 5) is 23.7. The van der Waals surface area contributed by atoms with Gasteiger partial charge in [0, 0.05) is 52.9 Å². The maximum atomic E-state index is 12.6. The highest BCUT2D eigenvalue weighted by Gasteiger charge is 2.30. The van der Waals surface area contributed by atoms with Crippen molar-refractivity contribution in [3.05, 3.63) is 0 Å². The largest absolute Gasteiger partial charge is 0.356 e. The van der Waals surface area contributed by atoms with E-state index in [4.69, 9.17) is 0 Å². The Morgan fingerprint density at radius 3 is 2.12 bits per heavy atom. The molecule has 0 radical (unpaired) electrons. The smallest absolute Gasteiger partial charge is 0.239 e. The van der Waals surface area contributed by atoms with Gasteiger partial charge in [-0.2, -0.15) is 0 Å². The summed E-state index contributed by atoms with van der Waals surface area (Å²) in [7, 11) is 1.85. The zero-order valence-electron chi connectivity index (χ0n) is 17.3. The summed E-state index contributed by atoms with van der Waals surface area (Å²) in [6.07, 6.45) is 3.43. The zero-order valence-corrected chi connectivity index (χ0v) is 19.6. The van der Waals surface area contributed by atoms with Gasteiger partial charge in [0.25, 0.3) is 0 Å². The topological polar surface area (TPSA) is 51.2 Å². The minimum absolute atomic E-state index is 0. The highest BCUT2D eigenvalue weighted by molar-refractivity contribution is 14.0. The number of nitrogens with one attached hydrogen (secondary N) is 1. The molecule has 2 aliphatic rings. The molecule has 2 saturated heterocycles. The number of halogens is 1. The van der Waals surface area contributed by atoms with Gasteiger partial charge in [-0.1, -0.05) is 20.8 Å². The molecule has 2 fully saturated rings. The molecule has 0 spiro atoms. The number of aliphatic imine (C=N–C) groups is 1. The third-order valence-electron chi connectivity index (χ3n) is 5.31. The number of likely N-dealkylation sites (tertiary alicyclic amines) is 1. The first-order valence-corrected chi connectivity index (χ1v) is 9.80. The van der Waals surface area contributed by atoms with Crippen LogP contribution in [0.5, 0.6) is 0 Å². The van der Waals surface area contributed by atoms with Crippen molar-refractivity contribution in [2.45, 2.75) is 53.0 Å². The number of nitrogens with zero attached hydrogens (tertiary/aromatic N) is 4. The van der Waals surface area contributed by atoms with Crippen LogP contribution in [0.3, 0.4) is 0 Å². The van der Waals surface area contributed by atoms with E-state index in [1.165, 1.54) is 0 Å². The number of hydrogen-bond acceptors (Lipinski definition) is 3. The van der Waals surface area contributed by atoms with Gasteiger partial charge in [0.05, 0.1) is 6.04 Å². The summed E-state index contributed by atoms with van der Waals surface area (Å²) in [5.74, 6) is 1.29. The standard InChI is InChI=1S/C19H37N5O.HI/c1-16(17(25)23-10-6-7-11-23)22-12-14-24(15-13-22)18(20-5)21-9-8-19(2,3)4;/h16H,6-15H2,1-5H3,(H,20,21);1H. The third-order valence-corrected chi connectivity index (χ3v) is 5.31. The SMILES string of the molecule is CN=C(NCCC(C)(C)C)N1CCN(C(C)C(=O)N2CCCC2)CC1.I. The molecule has 1 N–H and O–H groups in total. The molecule has 2 rings (SSSR count). The fraction of sp³-hybridized carbons (Fsp3) is 0.895. The maximum Gasteiger partial charge on any atom is 0.239 e. The van der Waals surface area contributed by atoms with E-state index in [0.717, 1.165) is 71.0 Å². The van der Waals surface area contributed by atoms with Crippen molar-refractivity contribution in [3.63, 3.8) is 0 Å². The van der Waals surface area contributed by atoms with Gasteiger partial charge in [0.1, 0.15) is 0 Å². The van der Waals surface area contributed by atoms with Crippen LogP contribution in [0.1, 0.15) is 47.0 Å². The molecule has 7 heteroatoms. The molecule has 2 aliphatic heterocycles. The monoisotopic (exact) mass is 479 g/mol. The van der Waals surface area contributed by atoms with Gasteiger partial charge in [-0.15, -0.1) is 24.0 Å². The Balaban J connectivity index is 0.00000338. The van der Waals surface area contributed by atoms with Crippen molar-refractivity contribution in [3.8, 4) is 0 Å². The van der Waals surface area contributed by atoms with Crippen molar-refractivity contribution in [2.75, 3.05) is 52.9 Å². The van der Waals surface area contributed by atoms with Crippen LogP contribution < -0.4 is 5.32 Å². The number of amides is 1. The Hall–Kier alpha value is -0.570. The lowest BCUT2D eigenvalue weighted by Gasteiger charge is -2.39. The molecule has 6 nitrogen and oxygen atoms in total. The van der Waals surface area contributed by atoms with E-state index in [1.807, 2.05) is 11.9 Å². The van der Waals surface area contributed by atoms with Crippen LogP contribution in [0.15, 0.2) is 4.99 Å². The van der Waals surface area contributed by atoms with Crippen LogP contribution in [0.2, 0.25) is 0 Å². The van der Waals surface area contributed by atoms with Crippen LogP contribution in [0.4, 0.5) is 0 Å². The zero-order chi connectivity index (χ0) is 18.4. The second kappa shape index (κ2) is 10.7. The van der Waals surface area contributed by atoms with E-state index in [-0.39, 0.29) is 30.0 Å². The molecular formula is C19H38IN5O. The van der Waals surface area contributed by atoms with Crippen molar-refractivity contribution in [2.24, 2.45) is 10.4 Å². The molecule has 0 aromatic rings. The molecule has 0 aromatic carbocycles. The average Bonchev–Trinajstić information content (AvgIpc) is 3.11. The van der Waals surface area contributed by atoms with Gasteiger partial charge < -0.3 is 15.1 Å². The summed E-state index contributed by atoms with van der Waals surface area (Å²) in [5, 5.41) is 3.49. The highest BCUT2D eigenvalue weighted by Crippen LogP contribution is 2.17. The second-order valence-electron chi connectivity index (χ2n) is 8.52. The van der Waals surface area contributed by atoms with E-state index in [9.17, 15) is 4.79 Å². The molecule has 0 saturated carbocycles. The summed E-state index contributed by atoms with van der Waals surface area (Å²) in [5.41, 5.74) is 0.329. The van der Waals surface area contributed by atoms with Crippen molar-refractivity contribution in [1.29, 1.82) is 0 Å². The quantitative estimate of drug-likeness (QED) is 0.382. The molecule has 0 aliphatic carbocycles. The normalized spacial score (nSPS) is 20.7. The highest BCUT2D eigenvalue weighted by atomic mass is 127. The first kappa shape index (κ1) is 23.5. The Morgan fingerprint density at radius 1 is 1.04 bits per heavy atom. The summed E-state index contributed by atoms with van der Waals surface area (Å²) >= 11 is 0. The third kappa shape index (κ3) is 6.87. The second-order valence-corrected chi connectivity index (χ2v) is 8.52. The molecule has 0 aromatic heterocycles. The minimum Gasteiger partial charge on any atom is -0.356 e. The lowest BCUT2D eigenvalue weighted by Crippen LogP contribution is -2.57. The molecule has 0 bridgehead atoms. The van der Waals surface area contributed by atoms with Crippen LogP contribution >= 0.6 is 24.0 Å². The van der Waals surface area contributed by atoms with Crippen molar-refractivity contribution in [1.82, 2.24) is 20.0 Å². The minimum atomic E-state index is -0.00360. The van der Waals surface area contributed by atoms with Crippen LogP contribution in [-0.2, 0) is 4.79 Å². The number of piperazine rings is 1. The number of carbonyl (C=O) groups is 1. The van der Waals surface area contributed by atoms with Gasteiger partial charge in [0.15, 0.2) is 5.96 Å². The fourth-order valence-corrected chi connectivity index (χ4v) is 3.56. The Morgan fingerprint density at radius 2 is 1.62 bits per heavy atom. The van der Waals surface area contributed by atoms with E-state index >= 15 is 0 Å². The van der Waals surface area contributed by atoms with Crippen LogP contribution in [0, 0.1) is 5.41 Å². The number of guanidine groups is 1. The van der Waals surface area contributed by atoms with Gasteiger partial charge in [0.2, 0.25) is 5.91 Å². The molecule has 1 unspecified atom stereocenters. The van der Waals surface area contributed by atoms with Gasteiger partial charge in [-0.3, -0.25) is 14.7 Å². The summed E-state index contributed by atoms with van der Waals surface area (Å²) in [6, 6.07) is -0.00360. The van der Waals surface area contributed by atoms with E-state index in [0.29, 0.717) is 11.3 Å². The van der Waals surface area contributed by atoms with Gasteiger partial charge >= 0.3 is 0 Å². The van der Waals surface area contributed by atoms with E-state index < -0.39 is 0 Å². The Kier molecular flexibility index (Phi) is 9.64. The van der Waals surface area contributed by atoms with Crippen LogP contribution in [0.25, 0.3) is 0 Å². The first-order chi connectivity index (χ1) is 11.8. The maximum absolute atomic E-state index is 12.6. The summed E-state index contributed by atoms with van der Waals surface area (Å²) < 4.78 is 0. The molecule has 2 heterocycles. The lowest BCUT2D eigenvalue weighted by molar-refractivity contribution is -0.135. The average molecular weight is 479 g/mol. The Labute approximate surface area is 176 Å². The van der Waals surface area contributed by atoms with E-state index in [1.54, 1.807) is 0 Å². The lowest BCUT2D eigenvalue weighted by atomic mass is 9.92. The predicted octanol–water partition coefficient (Wildman–Crippen LogP) is 2.24. The van der Waals surface area contributed by atoms with Crippen LogP contribution in [-0.4, -0.2) is 85.5 Å². The number of carbonyl (C=O) groups excluding carboxylic acids is 1. The molecule has 26 heavy (non-hydrogen) atoms. The fourth-order valence-electron chi connectivity index (χ4n) is 3.56. The van der Waals surface area contributed by atoms with Gasteiger partial charge in [-0.05, 0) is 31.6 Å². The molecule has 1 atom stereocenters. The number of rotatable bonds is 4. The summed E-state index contributed by atoms with van der Waals surface area (Å²) in [6.45, 7) is 15.3. The Bertz CT molecular complexity index is 463. The molecule has 152 valence electrons. The number of hydrogen-bond donors (Lipinski definition) is 1. The van der Waals surface area contributed by atoms with Crippen molar-refractivity contribution >= 4 is 35.8 Å². The molecule has 1 amide bonds. The molecular weight excluding hydrogens is 441 g/mol. The van der Waals surface area contributed by atoms with Crippen molar-refractivity contribution < 1.29 is 4.79 Å². The van der Waals surface area contributed by atoms with Gasteiger partial charge in [-0.25, -0.2) is 0 Å². The predicted molar refractivity (Wildman–Crippen MR) is 119 cm³/mol. The van der Waals surface area contributed by atoms with E-state index in [2.05, 4.69) is 47.8 Å².